The molecule has 1 nitrogen and oxygen atoms in total. The third kappa shape index (κ3) is 4.86. The molecule has 0 N–H and O–H groups in total. The van der Waals surface area contributed by atoms with Gasteiger partial charge in [0.15, 0.2) is 17.5 Å². The zero-order chi connectivity index (χ0) is 26.4. The minimum Gasteiger partial charge on any atom is -0.429 e. The highest BCUT2D eigenvalue weighted by Crippen LogP contribution is 2.38. The van der Waals surface area contributed by atoms with Crippen molar-refractivity contribution in [1.82, 2.24) is 0 Å². The van der Waals surface area contributed by atoms with Crippen LogP contribution in [0.1, 0.15) is 5.56 Å². The van der Waals surface area contributed by atoms with E-state index in [1.54, 1.807) is 0 Å². The maximum Gasteiger partial charge on any atom is 0.432 e. The fourth-order valence-corrected chi connectivity index (χ4v) is 3.60. The summed E-state index contributed by atoms with van der Waals surface area (Å²) in [6.45, 7) is 0. The maximum absolute atomic E-state index is 14.8. The van der Waals surface area contributed by atoms with Gasteiger partial charge in [-0.25, -0.2) is 30.7 Å². The Balaban J connectivity index is 1.69. The lowest BCUT2D eigenvalue weighted by molar-refractivity contribution is -0.189. The van der Waals surface area contributed by atoms with Crippen LogP contribution in [0.4, 0.5) is 39.5 Å². The molecule has 0 unspecified atom stereocenters. The number of benzene rings is 4. The van der Waals surface area contributed by atoms with Gasteiger partial charge in [-0.3, -0.25) is 0 Å². The fraction of sp³-hybridized carbons (Fsp3) is 0.0400. The molecule has 0 spiro atoms. The smallest absolute Gasteiger partial charge is 0.429 e. The fourth-order valence-electron chi connectivity index (χ4n) is 3.44. The Morgan fingerprint density at radius 3 is 1.61 bits per heavy atom. The number of ether oxygens (including phenoxy) is 1. The average molecular weight is 533 g/mol. The first-order valence-electron chi connectivity index (χ1n) is 9.83. The van der Waals surface area contributed by atoms with E-state index in [-0.39, 0.29) is 28.3 Å². The van der Waals surface area contributed by atoms with Gasteiger partial charge in [-0.1, -0.05) is 23.7 Å². The molecule has 0 fully saturated rings. The topological polar surface area (TPSA) is 9.23 Å². The van der Waals surface area contributed by atoms with E-state index in [4.69, 9.17) is 11.6 Å². The van der Waals surface area contributed by atoms with Crippen LogP contribution in [0.5, 0.6) is 5.75 Å². The molecule has 4 aromatic carbocycles. The Bertz CT molecular complexity index is 1440. The Labute approximate surface area is 202 Å². The third-order valence-corrected chi connectivity index (χ3v) is 5.29. The number of halogens is 10. The molecular weight excluding hydrogens is 523 g/mol. The van der Waals surface area contributed by atoms with E-state index in [2.05, 4.69) is 4.74 Å². The molecule has 0 bridgehead atoms. The predicted molar refractivity (Wildman–Crippen MR) is 113 cm³/mol. The molecular formula is C25H10ClF9O. The maximum atomic E-state index is 14.8. The molecule has 0 aromatic heterocycles. The highest BCUT2D eigenvalue weighted by Gasteiger charge is 2.41. The van der Waals surface area contributed by atoms with Crippen molar-refractivity contribution in [2.75, 3.05) is 0 Å². The summed E-state index contributed by atoms with van der Waals surface area (Å²) in [4.78, 5) is 0. The first-order chi connectivity index (χ1) is 16.9. The summed E-state index contributed by atoms with van der Waals surface area (Å²) in [7, 11) is 0. The Morgan fingerprint density at radius 1 is 0.556 bits per heavy atom. The third-order valence-electron chi connectivity index (χ3n) is 5.06. The second kappa shape index (κ2) is 9.42. The summed E-state index contributed by atoms with van der Waals surface area (Å²) in [5, 5.41) is 0.106. The standard InChI is InChI=1S/C25H10ClF9O/c26-13-2-4-15(18(28)8-13)11-1-3-16(17(27)5-11)12-6-19(29)23(20(30)7-12)25(34,35)36-14-9-21(31)24(33)22(32)10-14/h1-10H. The second-order valence-corrected chi connectivity index (χ2v) is 7.89. The lowest BCUT2D eigenvalue weighted by atomic mass is 9.98. The second-order valence-electron chi connectivity index (χ2n) is 7.45. The summed E-state index contributed by atoms with van der Waals surface area (Å²) in [6, 6.07) is 7.76. The molecule has 0 saturated heterocycles. The van der Waals surface area contributed by atoms with Crippen LogP contribution in [0.15, 0.2) is 60.7 Å². The summed E-state index contributed by atoms with van der Waals surface area (Å²) in [5.41, 5.74) is -2.75. The molecule has 0 aliphatic rings. The van der Waals surface area contributed by atoms with Gasteiger partial charge in [0.05, 0.1) is 0 Å². The predicted octanol–water partition coefficient (Wildman–Crippen LogP) is 8.78. The summed E-state index contributed by atoms with van der Waals surface area (Å²) in [6.07, 6.45) is -4.79. The molecule has 0 atom stereocenters. The van der Waals surface area contributed by atoms with Crippen LogP contribution in [0.3, 0.4) is 0 Å². The molecule has 186 valence electrons. The van der Waals surface area contributed by atoms with Crippen LogP contribution in [-0.4, -0.2) is 0 Å². The van der Waals surface area contributed by atoms with Crippen molar-refractivity contribution in [1.29, 1.82) is 0 Å². The molecule has 0 aliphatic heterocycles. The van der Waals surface area contributed by atoms with Crippen molar-refractivity contribution >= 4 is 11.6 Å². The van der Waals surface area contributed by atoms with Crippen LogP contribution < -0.4 is 4.74 Å². The molecule has 11 heteroatoms. The van der Waals surface area contributed by atoms with Crippen LogP contribution in [0.2, 0.25) is 5.02 Å². The Morgan fingerprint density at radius 2 is 1.06 bits per heavy atom. The van der Waals surface area contributed by atoms with E-state index in [1.807, 2.05) is 0 Å². The summed E-state index contributed by atoms with van der Waals surface area (Å²) >= 11 is 5.68. The van der Waals surface area contributed by atoms with Crippen molar-refractivity contribution < 1.29 is 44.3 Å². The Kier molecular flexibility index (Phi) is 6.66. The Hall–Kier alpha value is -3.66. The van der Waals surface area contributed by atoms with Crippen LogP contribution in [0.25, 0.3) is 22.3 Å². The van der Waals surface area contributed by atoms with Crippen molar-refractivity contribution in [3.63, 3.8) is 0 Å². The van der Waals surface area contributed by atoms with Crippen LogP contribution >= 0.6 is 11.6 Å². The minimum atomic E-state index is -4.79. The SMILES string of the molecule is Fc1cc(Cl)ccc1-c1ccc(-c2cc(F)c(C(F)(F)Oc3cc(F)c(F)c(F)c3)c(F)c2)c(F)c1. The number of alkyl halides is 2. The summed E-state index contributed by atoms with van der Waals surface area (Å²) < 4.78 is 131. The van der Waals surface area contributed by atoms with Gasteiger partial charge < -0.3 is 4.74 Å². The molecule has 4 rings (SSSR count). The molecule has 4 aromatic rings. The van der Waals surface area contributed by atoms with E-state index in [0.717, 1.165) is 18.2 Å². The highest BCUT2D eigenvalue weighted by molar-refractivity contribution is 6.30. The number of rotatable bonds is 5. The van der Waals surface area contributed by atoms with Gasteiger partial charge in [0, 0.05) is 28.3 Å². The van der Waals surface area contributed by atoms with E-state index in [1.165, 1.54) is 18.2 Å². The van der Waals surface area contributed by atoms with Crippen molar-refractivity contribution in [3.8, 4) is 28.0 Å². The average Bonchev–Trinajstić information content (AvgIpc) is 2.76. The van der Waals surface area contributed by atoms with E-state index >= 15 is 0 Å². The van der Waals surface area contributed by atoms with Gasteiger partial charge >= 0.3 is 6.11 Å². The van der Waals surface area contributed by atoms with Crippen molar-refractivity contribution in [3.05, 3.63) is 112 Å². The van der Waals surface area contributed by atoms with Gasteiger partial charge in [0.2, 0.25) is 0 Å². The van der Waals surface area contributed by atoms with Gasteiger partial charge in [-0.2, -0.15) is 8.78 Å². The quantitative estimate of drug-likeness (QED) is 0.184. The van der Waals surface area contributed by atoms with Gasteiger partial charge in [0.25, 0.3) is 0 Å². The molecule has 36 heavy (non-hydrogen) atoms. The van der Waals surface area contributed by atoms with E-state index in [0.29, 0.717) is 12.1 Å². The van der Waals surface area contributed by atoms with Crippen molar-refractivity contribution in [2.24, 2.45) is 0 Å². The normalized spacial score (nSPS) is 11.6. The number of hydrogen-bond donors (Lipinski definition) is 0. The molecule has 0 aliphatic carbocycles. The first kappa shape index (κ1) is 25.4. The van der Waals surface area contributed by atoms with E-state index < -0.39 is 69.3 Å². The number of hydrogen-bond acceptors (Lipinski definition) is 1. The molecule has 0 radical (unpaired) electrons. The lowest BCUT2D eigenvalue weighted by Gasteiger charge is -2.20. The van der Waals surface area contributed by atoms with Crippen molar-refractivity contribution in [2.45, 2.75) is 6.11 Å². The van der Waals surface area contributed by atoms with Gasteiger partial charge in [0.1, 0.15) is 34.6 Å². The summed E-state index contributed by atoms with van der Waals surface area (Å²) in [5.74, 6) is -12.5. The minimum absolute atomic E-state index is 0.0111. The van der Waals surface area contributed by atoms with E-state index in [9.17, 15) is 39.5 Å². The van der Waals surface area contributed by atoms with Crippen LogP contribution in [0, 0.1) is 40.7 Å². The molecule has 0 amide bonds. The van der Waals surface area contributed by atoms with Crippen LogP contribution in [-0.2, 0) is 6.11 Å². The van der Waals surface area contributed by atoms with Gasteiger partial charge in [-0.15, -0.1) is 0 Å². The molecule has 0 saturated carbocycles. The van der Waals surface area contributed by atoms with Gasteiger partial charge in [-0.05, 0) is 47.5 Å². The molecule has 0 heterocycles. The zero-order valence-corrected chi connectivity index (χ0v) is 18.2. The zero-order valence-electron chi connectivity index (χ0n) is 17.5. The first-order valence-corrected chi connectivity index (χ1v) is 10.2. The lowest BCUT2D eigenvalue weighted by Crippen LogP contribution is -2.25. The monoisotopic (exact) mass is 532 g/mol. The largest absolute Gasteiger partial charge is 0.432 e. The highest BCUT2D eigenvalue weighted by atomic mass is 35.5.